The van der Waals surface area contributed by atoms with Crippen molar-refractivity contribution in [1.82, 2.24) is 4.90 Å². The van der Waals surface area contributed by atoms with Gasteiger partial charge in [0.1, 0.15) is 5.75 Å². The lowest BCUT2D eigenvalue weighted by molar-refractivity contribution is -0.0586. The standard InChI is InChI=1S/C18H21NO3/c1-12-10-19(11-13(2)22-12)18(20)16-8-14-6-4-5-7-15(14)9-17(16)21-3/h4-9,12-13H,10-11H2,1-3H3/t12-,13+. The Bertz CT molecular complexity index is 688. The summed E-state index contributed by atoms with van der Waals surface area (Å²) in [4.78, 5) is 14.8. The lowest BCUT2D eigenvalue weighted by Gasteiger charge is -2.35. The quantitative estimate of drug-likeness (QED) is 0.855. The highest BCUT2D eigenvalue weighted by atomic mass is 16.5. The molecule has 2 aromatic carbocycles. The van der Waals surface area contributed by atoms with Crippen molar-refractivity contribution >= 4 is 16.7 Å². The Morgan fingerprint density at radius 3 is 2.32 bits per heavy atom. The third-order valence-corrected chi connectivity index (χ3v) is 4.01. The van der Waals surface area contributed by atoms with Crippen LogP contribution >= 0.6 is 0 Å². The molecule has 1 fully saturated rings. The zero-order valence-corrected chi connectivity index (χ0v) is 13.2. The first kappa shape index (κ1) is 14.9. The van der Waals surface area contributed by atoms with Crippen molar-refractivity contribution in [3.8, 4) is 5.75 Å². The molecule has 3 rings (SSSR count). The molecule has 2 aromatic rings. The van der Waals surface area contributed by atoms with Crippen LogP contribution in [0.2, 0.25) is 0 Å². The Hall–Kier alpha value is -2.07. The van der Waals surface area contributed by atoms with Gasteiger partial charge in [-0.05, 0) is 36.8 Å². The van der Waals surface area contributed by atoms with Crippen molar-refractivity contribution in [2.75, 3.05) is 20.2 Å². The number of hydrogen-bond acceptors (Lipinski definition) is 3. The van der Waals surface area contributed by atoms with E-state index in [2.05, 4.69) is 0 Å². The number of methoxy groups -OCH3 is 1. The molecule has 0 bridgehead atoms. The van der Waals surface area contributed by atoms with Gasteiger partial charge in [0.25, 0.3) is 5.91 Å². The summed E-state index contributed by atoms with van der Waals surface area (Å²) in [5.41, 5.74) is 0.613. The molecule has 4 nitrogen and oxygen atoms in total. The van der Waals surface area contributed by atoms with Gasteiger partial charge in [0.05, 0.1) is 24.9 Å². The molecule has 0 unspecified atom stereocenters. The van der Waals surface area contributed by atoms with Gasteiger partial charge in [-0.25, -0.2) is 0 Å². The summed E-state index contributed by atoms with van der Waals surface area (Å²) in [6.07, 6.45) is 0.110. The van der Waals surface area contributed by atoms with Gasteiger partial charge >= 0.3 is 0 Å². The number of benzene rings is 2. The lowest BCUT2D eigenvalue weighted by atomic mass is 10.0. The predicted octanol–water partition coefficient (Wildman–Crippen LogP) is 3.10. The normalized spacial score (nSPS) is 21.9. The Morgan fingerprint density at radius 2 is 1.73 bits per heavy atom. The number of amides is 1. The Labute approximate surface area is 130 Å². The third kappa shape index (κ3) is 2.79. The fraction of sp³-hybridized carbons (Fsp3) is 0.389. The van der Waals surface area contributed by atoms with Gasteiger partial charge in [-0.15, -0.1) is 0 Å². The molecule has 1 aliphatic heterocycles. The van der Waals surface area contributed by atoms with Crippen LogP contribution in [0, 0.1) is 0 Å². The van der Waals surface area contributed by atoms with Gasteiger partial charge in [-0.1, -0.05) is 24.3 Å². The van der Waals surface area contributed by atoms with E-state index in [0.29, 0.717) is 24.4 Å². The molecule has 116 valence electrons. The summed E-state index contributed by atoms with van der Waals surface area (Å²) >= 11 is 0. The second-order valence-electron chi connectivity index (χ2n) is 5.87. The SMILES string of the molecule is COc1cc2ccccc2cc1C(=O)N1C[C@@H](C)O[C@@H](C)C1. The summed E-state index contributed by atoms with van der Waals surface area (Å²) in [7, 11) is 1.60. The molecule has 0 saturated carbocycles. The largest absolute Gasteiger partial charge is 0.496 e. The van der Waals surface area contributed by atoms with Gasteiger partial charge in [0.15, 0.2) is 0 Å². The predicted molar refractivity (Wildman–Crippen MR) is 86.4 cm³/mol. The number of fused-ring (bicyclic) bond motifs is 1. The van der Waals surface area contributed by atoms with Gasteiger partial charge in [-0.3, -0.25) is 4.79 Å². The summed E-state index contributed by atoms with van der Waals surface area (Å²) in [6.45, 7) is 5.21. The summed E-state index contributed by atoms with van der Waals surface area (Å²) in [5.74, 6) is 0.625. The zero-order chi connectivity index (χ0) is 15.7. The van der Waals surface area contributed by atoms with Crippen LogP contribution in [-0.4, -0.2) is 43.2 Å². The molecule has 1 heterocycles. The third-order valence-electron chi connectivity index (χ3n) is 4.01. The fourth-order valence-electron chi connectivity index (χ4n) is 3.07. The second kappa shape index (κ2) is 5.97. The van der Waals surface area contributed by atoms with E-state index in [0.717, 1.165) is 10.8 Å². The Kier molecular flexibility index (Phi) is 4.03. The van der Waals surface area contributed by atoms with Crippen molar-refractivity contribution in [3.63, 3.8) is 0 Å². The van der Waals surface area contributed by atoms with Gasteiger partial charge < -0.3 is 14.4 Å². The van der Waals surface area contributed by atoms with Crippen LogP contribution in [0.4, 0.5) is 0 Å². The molecule has 4 heteroatoms. The summed E-state index contributed by atoms with van der Waals surface area (Å²) in [6, 6.07) is 11.8. The molecule has 1 saturated heterocycles. The molecule has 0 N–H and O–H groups in total. The minimum Gasteiger partial charge on any atom is -0.496 e. The Balaban J connectivity index is 1.99. The molecule has 0 radical (unpaired) electrons. The Morgan fingerprint density at radius 1 is 1.14 bits per heavy atom. The highest BCUT2D eigenvalue weighted by Gasteiger charge is 2.28. The van der Waals surface area contributed by atoms with Crippen molar-refractivity contribution in [2.45, 2.75) is 26.1 Å². The first-order chi connectivity index (χ1) is 10.6. The molecule has 0 aliphatic carbocycles. The molecular formula is C18H21NO3. The molecular weight excluding hydrogens is 278 g/mol. The highest BCUT2D eigenvalue weighted by molar-refractivity contribution is 6.01. The van der Waals surface area contributed by atoms with E-state index in [9.17, 15) is 4.79 Å². The van der Waals surface area contributed by atoms with Crippen molar-refractivity contribution in [1.29, 1.82) is 0 Å². The molecule has 22 heavy (non-hydrogen) atoms. The van der Waals surface area contributed by atoms with E-state index in [1.165, 1.54) is 0 Å². The van der Waals surface area contributed by atoms with Gasteiger partial charge in [0, 0.05) is 13.1 Å². The van der Waals surface area contributed by atoms with E-state index in [-0.39, 0.29) is 18.1 Å². The van der Waals surface area contributed by atoms with Gasteiger partial charge in [-0.2, -0.15) is 0 Å². The van der Waals surface area contributed by atoms with E-state index >= 15 is 0 Å². The second-order valence-corrected chi connectivity index (χ2v) is 5.87. The number of morpholine rings is 1. The number of ether oxygens (including phenoxy) is 2. The van der Waals surface area contributed by atoms with Crippen LogP contribution in [0.3, 0.4) is 0 Å². The fourth-order valence-corrected chi connectivity index (χ4v) is 3.07. The molecule has 1 amide bonds. The monoisotopic (exact) mass is 299 g/mol. The number of carbonyl (C=O) groups excluding carboxylic acids is 1. The van der Waals surface area contributed by atoms with Crippen LogP contribution in [0.1, 0.15) is 24.2 Å². The summed E-state index contributed by atoms with van der Waals surface area (Å²) in [5, 5.41) is 2.11. The van der Waals surface area contributed by atoms with Crippen molar-refractivity contribution in [3.05, 3.63) is 42.0 Å². The molecule has 0 spiro atoms. The zero-order valence-electron chi connectivity index (χ0n) is 13.2. The van der Waals surface area contributed by atoms with Crippen LogP contribution in [0.15, 0.2) is 36.4 Å². The number of nitrogens with zero attached hydrogens (tertiary/aromatic N) is 1. The van der Waals surface area contributed by atoms with Crippen LogP contribution in [-0.2, 0) is 4.74 Å². The van der Waals surface area contributed by atoms with E-state index < -0.39 is 0 Å². The van der Waals surface area contributed by atoms with Crippen LogP contribution in [0.25, 0.3) is 10.8 Å². The van der Waals surface area contributed by atoms with E-state index in [1.807, 2.05) is 55.1 Å². The van der Waals surface area contributed by atoms with E-state index in [1.54, 1.807) is 7.11 Å². The molecule has 1 aliphatic rings. The first-order valence-corrected chi connectivity index (χ1v) is 7.60. The van der Waals surface area contributed by atoms with Crippen molar-refractivity contribution in [2.24, 2.45) is 0 Å². The van der Waals surface area contributed by atoms with Crippen LogP contribution in [0.5, 0.6) is 5.75 Å². The maximum absolute atomic E-state index is 12.9. The smallest absolute Gasteiger partial charge is 0.257 e. The van der Waals surface area contributed by atoms with Crippen molar-refractivity contribution < 1.29 is 14.3 Å². The lowest BCUT2D eigenvalue weighted by Crippen LogP contribution is -2.48. The number of carbonyl (C=O) groups is 1. The number of rotatable bonds is 2. The average Bonchev–Trinajstić information content (AvgIpc) is 2.52. The maximum Gasteiger partial charge on any atom is 0.257 e. The minimum atomic E-state index is 0.00426. The molecule has 0 aromatic heterocycles. The number of hydrogen-bond donors (Lipinski definition) is 0. The molecule has 2 atom stereocenters. The average molecular weight is 299 g/mol. The van der Waals surface area contributed by atoms with E-state index in [4.69, 9.17) is 9.47 Å². The first-order valence-electron chi connectivity index (χ1n) is 7.60. The minimum absolute atomic E-state index is 0.00426. The topological polar surface area (TPSA) is 38.8 Å². The maximum atomic E-state index is 12.9. The summed E-state index contributed by atoms with van der Waals surface area (Å²) < 4.78 is 11.1. The van der Waals surface area contributed by atoms with Crippen LogP contribution < -0.4 is 4.74 Å². The highest BCUT2D eigenvalue weighted by Crippen LogP contribution is 2.28. The van der Waals surface area contributed by atoms with Gasteiger partial charge in [0.2, 0.25) is 0 Å².